The molecule has 1 heterocycles. The quantitative estimate of drug-likeness (QED) is 0.795. The van der Waals surface area contributed by atoms with Crippen LogP contribution in [0.3, 0.4) is 0 Å². The number of hydrogen-bond donors (Lipinski definition) is 2. The fourth-order valence-corrected chi connectivity index (χ4v) is 2.96. The number of carbonyl (C=O) groups excluding carboxylic acids is 2. The molecule has 0 spiro atoms. The molecule has 2 unspecified atom stereocenters. The predicted molar refractivity (Wildman–Crippen MR) is 91.2 cm³/mol. The molecule has 1 aliphatic heterocycles. The molecule has 2 N–H and O–H groups in total. The minimum absolute atomic E-state index is 0.0390. The number of rotatable bonds is 6. The second-order valence-corrected chi connectivity index (χ2v) is 6.36. The van der Waals surface area contributed by atoms with Gasteiger partial charge in [0.1, 0.15) is 0 Å². The second kappa shape index (κ2) is 8.82. The van der Waals surface area contributed by atoms with Crippen molar-refractivity contribution in [3.63, 3.8) is 0 Å². The van der Waals surface area contributed by atoms with Gasteiger partial charge >= 0.3 is 5.97 Å². The summed E-state index contributed by atoms with van der Waals surface area (Å²) in [6, 6.07) is 5.89. The van der Waals surface area contributed by atoms with E-state index in [9.17, 15) is 14.4 Å². The molecule has 1 aliphatic rings. The van der Waals surface area contributed by atoms with Crippen LogP contribution in [0.15, 0.2) is 24.3 Å². The lowest BCUT2D eigenvalue weighted by molar-refractivity contribution is -0.146. The fourth-order valence-electron chi connectivity index (χ4n) is 2.84. The van der Waals surface area contributed by atoms with Crippen LogP contribution in [0.1, 0.15) is 31.4 Å². The van der Waals surface area contributed by atoms with E-state index in [1.807, 2.05) is 0 Å². The van der Waals surface area contributed by atoms with Crippen molar-refractivity contribution < 1.29 is 24.2 Å². The van der Waals surface area contributed by atoms with Crippen LogP contribution < -0.4 is 5.32 Å². The Morgan fingerprint density at radius 2 is 2.04 bits per heavy atom. The normalized spacial score (nSPS) is 18.5. The molecule has 8 heteroatoms. The third-order valence-corrected chi connectivity index (χ3v) is 4.24. The Morgan fingerprint density at radius 3 is 2.64 bits per heavy atom. The molecule has 25 heavy (non-hydrogen) atoms. The number of carboxylic acid groups (broad SMARTS) is 1. The molecule has 0 radical (unpaired) electrons. The van der Waals surface area contributed by atoms with Gasteiger partial charge < -0.3 is 20.1 Å². The van der Waals surface area contributed by atoms with Crippen molar-refractivity contribution in [3.8, 4) is 0 Å². The number of hydrogen-bond acceptors (Lipinski definition) is 4. The molecule has 7 nitrogen and oxygen atoms in total. The molecule has 1 aromatic carbocycles. The van der Waals surface area contributed by atoms with Gasteiger partial charge in [0.15, 0.2) is 0 Å². The first kappa shape index (κ1) is 19.2. The molecule has 0 saturated carbocycles. The molecule has 0 aromatic heterocycles. The number of nitrogens with one attached hydrogen (secondary N) is 1. The van der Waals surface area contributed by atoms with Crippen LogP contribution in [-0.4, -0.2) is 53.6 Å². The number of halogens is 1. The zero-order chi connectivity index (χ0) is 18.4. The van der Waals surface area contributed by atoms with Crippen LogP contribution >= 0.6 is 11.6 Å². The summed E-state index contributed by atoms with van der Waals surface area (Å²) in [5, 5.41) is 12.3. The maximum atomic E-state index is 12.7. The van der Waals surface area contributed by atoms with Crippen LogP contribution in [-0.2, 0) is 19.1 Å². The highest BCUT2D eigenvalue weighted by molar-refractivity contribution is 6.30. The zero-order valence-corrected chi connectivity index (χ0v) is 14.7. The number of morpholine rings is 1. The maximum absolute atomic E-state index is 12.7. The number of amides is 2. The number of benzene rings is 1. The van der Waals surface area contributed by atoms with Gasteiger partial charge in [-0.3, -0.25) is 14.4 Å². The monoisotopic (exact) mass is 368 g/mol. The molecule has 1 fully saturated rings. The number of nitrogens with zero attached hydrogens (tertiary/aromatic N) is 1. The highest BCUT2D eigenvalue weighted by Gasteiger charge is 2.30. The summed E-state index contributed by atoms with van der Waals surface area (Å²) in [6.07, 6.45) is -0.130. The van der Waals surface area contributed by atoms with E-state index in [2.05, 4.69) is 5.32 Å². The van der Waals surface area contributed by atoms with Crippen LogP contribution in [0.25, 0.3) is 0 Å². The van der Waals surface area contributed by atoms with E-state index < -0.39 is 18.1 Å². The Labute approximate surface area is 150 Å². The largest absolute Gasteiger partial charge is 0.481 e. The number of aliphatic carboxylic acids is 1. The van der Waals surface area contributed by atoms with Crippen molar-refractivity contribution in [3.05, 3.63) is 34.9 Å². The van der Waals surface area contributed by atoms with E-state index in [0.29, 0.717) is 18.2 Å². The van der Waals surface area contributed by atoms with Gasteiger partial charge in [-0.15, -0.1) is 0 Å². The van der Waals surface area contributed by atoms with Gasteiger partial charge in [-0.05, 0) is 17.7 Å². The zero-order valence-electron chi connectivity index (χ0n) is 13.9. The van der Waals surface area contributed by atoms with Gasteiger partial charge in [-0.25, -0.2) is 0 Å². The highest BCUT2D eigenvalue weighted by atomic mass is 35.5. The lowest BCUT2D eigenvalue weighted by atomic mass is 10.0. The topological polar surface area (TPSA) is 95.9 Å². The number of carboxylic acids is 1. The Kier molecular flexibility index (Phi) is 6.78. The summed E-state index contributed by atoms with van der Waals surface area (Å²) in [7, 11) is 0. The molecule has 0 bridgehead atoms. The van der Waals surface area contributed by atoms with Gasteiger partial charge in [0.25, 0.3) is 0 Å². The fraction of sp³-hybridized carbons (Fsp3) is 0.471. The van der Waals surface area contributed by atoms with Crippen LogP contribution in [0.2, 0.25) is 5.02 Å². The average molecular weight is 369 g/mol. The summed E-state index contributed by atoms with van der Waals surface area (Å²) in [5.41, 5.74) is 0.760. The molecule has 0 aliphatic carbocycles. The van der Waals surface area contributed by atoms with Crippen molar-refractivity contribution in [1.29, 1.82) is 0 Å². The highest BCUT2D eigenvalue weighted by Crippen LogP contribution is 2.22. The van der Waals surface area contributed by atoms with Gasteiger partial charge in [0.2, 0.25) is 11.8 Å². The Balaban J connectivity index is 2.13. The first-order valence-electron chi connectivity index (χ1n) is 7.98. The van der Waals surface area contributed by atoms with Gasteiger partial charge in [0.05, 0.1) is 38.1 Å². The maximum Gasteiger partial charge on any atom is 0.305 e. The standard InChI is InChI=1S/C17H21ClN2O5/c1-11(21)19-15(12-2-4-13(18)5-3-12)9-16(22)20-6-7-25-10-14(20)8-17(23)24/h2-5,14-15H,6-10H2,1H3,(H,19,21)(H,23,24). The molecule has 1 saturated heterocycles. The van der Waals surface area contributed by atoms with Crippen LogP contribution in [0.4, 0.5) is 0 Å². The van der Waals surface area contributed by atoms with E-state index in [-0.39, 0.29) is 31.3 Å². The minimum atomic E-state index is -0.982. The minimum Gasteiger partial charge on any atom is -0.481 e. The SMILES string of the molecule is CC(=O)NC(CC(=O)N1CCOCC1CC(=O)O)c1ccc(Cl)cc1. The van der Waals surface area contributed by atoms with Crippen molar-refractivity contribution in [2.45, 2.75) is 31.8 Å². The molecule has 136 valence electrons. The van der Waals surface area contributed by atoms with E-state index >= 15 is 0 Å². The Morgan fingerprint density at radius 1 is 1.36 bits per heavy atom. The van der Waals surface area contributed by atoms with E-state index in [1.165, 1.54) is 11.8 Å². The van der Waals surface area contributed by atoms with E-state index in [1.54, 1.807) is 24.3 Å². The smallest absolute Gasteiger partial charge is 0.305 e. The van der Waals surface area contributed by atoms with Crippen molar-refractivity contribution >= 4 is 29.4 Å². The van der Waals surface area contributed by atoms with Crippen molar-refractivity contribution in [2.75, 3.05) is 19.8 Å². The lowest BCUT2D eigenvalue weighted by Crippen LogP contribution is -2.50. The number of carbonyl (C=O) groups is 3. The second-order valence-electron chi connectivity index (χ2n) is 5.92. The summed E-state index contributed by atoms with van der Waals surface area (Å²) in [5.74, 6) is -1.45. The van der Waals surface area contributed by atoms with Crippen molar-refractivity contribution in [1.82, 2.24) is 10.2 Å². The summed E-state index contributed by atoms with van der Waals surface area (Å²) in [4.78, 5) is 36.7. The third kappa shape index (κ3) is 5.72. The first-order chi connectivity index (χ1) is 11.9. The van der Waals surface area contributed by atoms with Gasteiger partial charge in [-0.2, -0.15) is 0 Å². The average Bonchev–Trinajstić information content (AvgIpc) is 2.54. The molecular weight excluding hydrogens is 348 g/mol. The van der Waals surface area contributed by atoms with E-state index in [4.69, 9.17) is 21.4 Å². The van der Waals surface area contributed by atoms with Gasteiger partial charge in [0, 0.05) is 18.5 Å². The van der Waals surface area contributed by atoms with Gasteiger partial charge in [-0.1, -0.05) is 23.7 Å². The summed E-state index contributed by atoms with van der Waals surface area (Å²) >= 11 is 5.89. The summed E-state index contributed by atoms with van der Waals surface area (Å²) in [6.45, 7) is 2.29. The predicted octanol–water partition coefficient (Wildman–Crippen LogP) is 1.61. The first-order valence-corrected chi connectivity index (χ1v) is 8.36. The lowest BCUT2D eigenvalue weighted by Gasteiger charge is -2.35. The van der Waals surface area contributed by atoms with Crippen LogP contribution in [0.5, 0.6) is 0 Å². The summed E-state index contributed by atoms with van der Waals surface area (Å²) < 4.78 is 5.29. The van der Waals surface area contributed by atoms with Crippen LogP contribution in [0, 0.1) is 0 Å². The third-order valence-electron chi connectivity index (χ3n) is 3.99. The Bertz CT molecular complexity index is 634. The molecule has 2 rings (SSSR count). The van der Waals surface area contributed by atoms with Crippen molar-refractivity contribution in [2.24, 2.45) is 0 Å². The molecular formula is C17H21ClN2O5. The molecule has 1 aromatic rings. The molecule has 2 amide bonds. The Hall–Kier alpha value is -2.12. The number of ether oxygens (including phenoxy) is 1. The molecule has 2 atom stereocenters. The van der Waals surface area contributed by atoms with E-state index in [0.717, 1.165) is 5.56 Å².